The Kier molecular flexibility index (Phi) is 17.9. The van der Waals surface area contributed by atoms with Gasteiger partial charge in [-0.25, -0.2) is 5.26 Å². The van der Waals surface area contributed by atoms with Crippen molar-refractivity contribution < 1.29 is 101 Å². The van der Waals surface area contributed by atoms with Crippen molar-refractivity contribution in [2.24, 2.45) is 10.2 Å². The average Bonchev–Trinajstić information content (AvgIpc) is 3.57. The van der Waals surface area contributed by atoms with Gasteiger partial charge in [-0.2, -0.15) is 23.4 Å². The summed E-state index contributed by atoms with van der Waals surface area (Å²) in [7, 11) is -9.72. The van der Waals surface area contributed by atoms with Crippen molar-refractivity contribution in [3.05, 3.63) is 102 Å². The number of hydrogen-bond acceptors (Lipinski definition) is 29. The van der Waals surface area contributed by atoms with E-state index in [-0.39, 0.29) is 101 Å². The van der Waals surface area contributed by atoms with Crippen molar-refractivity contribution in [2.75, 3.05) is 27.0 Å². The van der Waals surface area contributed by atoms with E-state index in [4.69, 9.17) is 19.3 Å². The molecule has 0 aliphatic rings. The number of carboxylic acids is 2. The molecule has 8 rings (SSSR count). The molecule has 0 spiro atoms. The number of anilines is 9. The second-order valence-electron chi connectivity index (χ2n) is 15.6. The first-order valence-corrected chi connectivity index (χ1v) is 32.6. The maximum absolute atomic E-state index is 12.7. The van der Waals surface area contributed by atoms with Crippen LogP contribution in [0.15, 0.2) is 109 Å². The molecule has 0 radical (unpaired) electrons. The van der Waals surface area contributed by atoms with Crippen LogP contribution >= 0.6 is 42.7 Å². The molecule has 0 unspecified atom stereocenters. The fraction of sp³-hybridized carbons (Fsp3) is 0.0476. The molecule has 37 heteroatoms. The first-order chi connectivity index (χ1) is 37.5. The number of benzene rings is 6. The van der Waals surface area contributed by atoms with E-state index in [1.807, 2.05) is 18.6 Å². The predicted molar refractivity (Wildman–Crippen MR) is 283 cm³/mol. The van der Waals surface area contributed by atoms with Crippen molar-refractivity contribution >= 4 is 160 Å². The number of hydrogen-bond donors (Lipinski definition) is 12. The van der Waals surface area contributed by atoms with Crippen LogP contribution in [0.4, 0.5) is 63.6 Å². The Morgan fingerprint density at radius 3 is 1.53 bits per heavy atom. The van der Waals surface area contributed by atoms with E-state index in [9.17, 15) is 50.8 Å². The summed E-state index contributed by atoms with van der Waals surface area (Å²) in [6.45, 7) is 3.09. The summed E-state index contributed by atoms with van der Waals surface area (Å²) in [4.78, 5) is 48.6. The second-order valence-corrected chi connectivity index (χ2v) is 22.9. The normalized spacial score (nSPS) is 11.8. The second kappa shape index (κ2) is 24.4. The van der Waals surface area contributed by atoms with E-state index in [2.05, 4.69) is 80.1 Å². The molecule has 0 amide bonds. The zero-order chi connectivity index (χ0) is 56.9. The van der Waals surface area contributed by atoms with Gasteiger partial charge in [0.1, 0.15) is 11.6 Å². The minimum Gasteiger partial charge on any atom is -0.505 e. The summed E-state index contributed by atoms with van der Waals surface area (Å²) in [5.74, 6) is -3.43. The van der Waals surface area contributed by atoms with Crippen LogP contribution in [-0.4, -0.2) is 93.6 Å². The summed E-state index contributed by atoms with van der Waals surface area (Å²) in [5.41, 5.74) is 5.41. The molecule has 6 aromatic carbocycles. The molecule has 31 nitrogen and oxygen atoms in total. The first kappa shape index (κ1) is 57.9. The number of nitrogens with one attached hydrogen (secondary N) is 4. The Morgan fingerprint density at radius 1 is 0.633 bits per heavy atom. The minimum absolute atomic E-state index is 0.00233. The SMILES string of the molecule is Cc1nc(Nc2ccc(Nc3nc(C)nc(Nc4cc(S(=O)(=O)O)cc5cc(SOOO)c(N=Nc6cc(C(=O)O)cc(C(=O)O)c6)c(O[I-]I)c45)n3)cc2)nc(Nc2cc(S(=O)(=O)O)cc3cc(SOOO)c(N)c(O)c23)n1. The number of aromatic nitrogens is 6. The molecule has 0 fully saturated rings. The summed E-state index contributed by atoms with van der Waals surface area (Å²) >= 11 is 1.54. The molecule has 2 heterocycles. The Balaban J connectivity index is 1.09. The topological polar surface area (TPSA) is 466 Å². The molecular formula is C42H32I2N13O18S4-. The summed E-state index contributed by atoms with van der Waals surface area (Å²) in [6.07, 6.45) is 0. The molecule has 0 saturated carbocycles. The zero-order valence-electron chi connectivity index (χ0n) is 39.2. The number of fused-ring (bicyclic) bond motifs is 2. The Hall–Kier alpha value is -7.26. The van der Waals surface area contributed by atoms with Gasteiger partial charge in [0.15, 0.2) is 0 Å². The smallest absolute Gasteiger partial charge is 0.505 e. The van der Waals surface area contributed by atoms with Crippen LogP contribution in [0.3, 0.4) is 0 Å². The molecule has 2 aromatic heterocycles. The number of nitrogens with two attached hydrogens (primary N) is 1. The summed E-state index contributed by atoms with van der Waals surface area (Å²) in [5, 5.41) is 75.9. The third-order valence-electron chi connectivity index (χ3n) is 10.4. The molecule has 79 heavy (non-hydrogen) atoms. The number of nitrogen functional groups attached to an aromatic ring is 1. The van der Waals surface area contributed by atoms with Crippen molar-refractivity contribution in [1.82, 2.24) is 29.9 Å². The average molecular weight is 1390 g/mol. The Labute approximate surface area is 471 Å². The summed E-state index contributed by atoms with van der Waals surface area (Å²) < 4.78 is 85.4. The van der Waals surface area contributed by atoms with Gasteiger partial charge in [-0.3, -0.25) is 4.55 Å². The van der Waals surface area contributed by atoms with Gasteiger partial charge in [-0.15, -0.1) is 4.33 Å². The zero-order valence-corrected chi connectivity index (χ0v) is 46.8. The van der Waals surface area contributed by atoms with Crippen molar-refractivity contribution in [1.29, 1.82) is 0 Å². The van der Waals surface area contributed by atoms with Crippen LogP contribution in [0.2, 0.25) is 0 Å². The molecular weight excluding hydrogens is 1360 g/mol. The van der Waals surface area contributed by atoms with Crippen LogP contribution in [0.1, 0.15) is 32.4 Å². The van der Waals surface area contributed by atoms with Gasteiger partial charge in [-0.1, -0.05) is 5.04 Å². The van der Waals surface area contributed by atoms with Crippen LogP contribution < -0.4 is 47.7 Å². The molecule has 13 N–H and O–H groups in total. The fourth-order valence-electron chi connectivity index (χ4n) is 7.21. The molecule has 0 aliphatic heterocycles. The maximum atomic E-state index is 12.7. The van der Waals surface area contributed by atoms with E-state index in [0.717, 1.165) is 42.5 Å². The van der Waals surface area contributed by atoms with Gasteiger partial charge in [0.05, 0.1) is 33.2 Å². The van der Waals surface area contributed by atoms with Crippen LogP contribution in [0.25, 0.3) is 21.5 Å². The molecule has 0 aliphatic carbocycles. The number of aryl methyl sites for hydroxylation is 2. The van der Waals surface area contributed by atoms with E-state index in [0.29, 0.717) is 35.5 Å². The number of aromatic carboxylic acids is 2. The van der Waals surface area contributed by atoms with Crippen LogP contribution in [-0.2, 0) is 39.0 Å². The van der Waals surface area contributed by atoms with Crippen molar-refractivity contribution in [3.8, 4) is 11.5 Å². The number of phenolic OH excluding ortho intramolecular Hbond substituents is 1. The van der Waals surface area contributed by atoms with Crippen molar-refractivity contribution in [2.45, 2.75) is 33.4 Å². The third kappa shape index (κ3) is 14.0. The molecule has 8 aromatic rings. The number of aromatic hydroxyl groups is 1. The predicted octanol–water partition coefficient (Wildman–Crippen LogP) is 6.14. The monoisotopic (exact) mass is 1390 g/mol. The van der Waals surface area contributed by atoms with E-state index in [1.165, 1.54) is 12.1 Å². The van der Waals surface area contributed by atoms with Gasteiger partial charge in [0, 0.05) is 11.1 Å². The van der Waals surface area contributed by atoms with E-state index < -0.39 is 76.5 Å². The van der Waals surface area contributed by atoms with Gasteiger partial charge >= 0.3 is 302 Å². The van der Waals surface area contributed by atoms with Gasteiger partial charge in [0.25, 0.3) is 10.1 Å². The van der Waals surface area contributed by atoms with Crippen LogP contribution in [0, 0.1) is 13.8 Å². The number of phenols is 1. The number of azo groups is 1. The number of carbonyl (C=O) groups is 2. The van der Waals surface area contributed by atoms with Gasteiger partial charge in [0.2, 0.25) is 11.9 Å². The Bertz CT molecular complexity index is 3980. The third-order valence-corrected chi connectivity index (χ3v) is 15.0. The number of halogens is 2. The molecule has 412 valence electrons. The van der Waals surface area contributed by atoms with Crippen molar-refractivity contribution in [3.63, 3.8) is 0 Å². The van der Waals surface area contributed by atoms with E-state index >= 15 is 0 Å². The molecule has 0 bridgehead atoms. The van der Waals surface area contributed by atoms with Crippen LogP contribution in [0.5, 0.6) is 11.5 Å². The number of nitrogens with zero attached hydrogens (tertiary/aromatic N) is 8. The minimum atomic E-state index is -4.91. The van der Waals surface area contributed by atoms with E-state index in [1.54, 1.807) is 38.1 Å². The number of rotatable bonds is 22. The Morgan fingerprint density at radius 2 is 1.08 bits per heavy atom. The fourth-order valence-corrected chi connectivity index (χ4v) is 11.0. The first-order valence-electron chi connectivity index (χ1n) is 21.1. The standard InChI is InChI=1S/C42H32I2N13O18S4/c1-16-46-39(54-41(48-16)52-27-14-25(78(65,66)67)10-18-12-29(76-74-72-63)33(45)35(58)31(18)27)50-22-3-5-23(6-4-22)51-40-47-17(2)49-42(55-40)53-28-15-26(79(68,69)70)11-19-13-30(77-75-73-64)34(36(32(19)28)71-44-43)57-56-24-8-20(37(59)60)7-21(9-24)38(61)62/h3-15,58,63-64H,45H2,1-2H3,(H,59,60)(H,61,62)(H,65,66,67)(H,68,69,70)(H2,46,48,50,52,54)(H2,47,49,51,53,55)/q-1. The molecule has 0 atom stereocenters. The summed E-state index contributed by atoms with van der Waals surface area (Å²) in [6, 6.07) is 16.4. The van der Waals surface area contributed by atoms with Gasteiger partial charge in [-0.05, 0) is 30.5 Å². The molecule has 0 saturated heterocycles. The van der Waals surface area contributed by atoms with Gasteiger partial charge < -0.3 is 21.5 Å². The quantitative estimate of drug-likeness (QED) is 0.00530. The number of carboxylic acid groups (broad SMARTS) is 2.